The molecule has 0 amide bonds. The van der Waals surface area contributed by atoms with Crippen molar-refractivity contribution in [1.82, 2.24) is 15.5 Å². The molecule has 0 spiro atoms. The first-order valence-corrected chi connectivity index (χ1v) is 10.5. The van der Waals surface area contributed by atoms with Crippen molar-refractivity contribution in [1.29, 1.82) is 5.26 Å². The smallest absolute Gasteiger partial charge is 0.258 e. The number of hydrogen-bond acceptors (Lipinski definition) is 7. The molecule has 3 aromatic rings. The lowest BCUT2D eigenvalue weighted by atomic mass is 10.0. The van der Waals surface area contributed by atoms with Gasteiger partial charge in [0.25, 0.3) is 5.89 Å². The second kappa shape index (κ2) is 8.88. The molecule has 31 heavy (non-hydrogen) atoms. The fourth-order valence-electron chi connectivity index (χ4n) is 3.95. The Bertz CT molecular complexity index is 1110. The number of nitriles is 1. The Labute approximate surface area is 181 Å². The summed E-state index contributed by atoms with van der Waals surface area (Å²) in [6.45, 7) is 6.17. The Balaban J connectivity index is 1.61. The fraction of sp³-hybridized carbons (Fsp3) is 0.375. The van der Waals surface area contributed by atoms with E-state index in [2.05, 4.69) is 27.6 Å². The van der Waals surface area contributed by atoms with E-state index in [0.717, 1.165) is 18.4 Å². The Kier molecular flexibility index (Phi) is 6.03. The van der Waals surface area contributed by atoms with Gasteiger partial charge in [0, 0.05) is 23.7 Å². The van der Waals surface area contributed by atoms with Gasteiger partial charge in [-0.15, -0.1) is 0 Å². The summed E-state index contributed by atoms with van der Waals surface area (Å²) < 4.78 is 11.2. The zero-order valence-corrected chi connectivity index (χ0v) is 17.9. The van der Waals surface area contributed by atoms with Crippen LogP contribution in [0.5, 0.6) is 5.75 Å². The Morgan fingerprint density at radius 3 is 2.87 bits per heavy atom. The number of nitrogens with one attached hydrogen (secondary N) is 1. The largest absolute Gasteiger partial charge is 0.490 e. The molecule has 1 unspecified atom stereocenters. The van der Waals surface area contributed by atoms with E-state index in [0.29, 0.717) is 35.1 Å². The van der Waals surface area contributed by atoms with Crippen LogP contribution in [0.3, 0.4) is 0 Å². The third-order valence-corrected chi connectivity index (χ3v) is 5.31. The average molecular weight is 418 g/mol. The highest BCUT2D eigenvalue weighted by Gasteiger charge is 2.26. The molecule has 1 heterocycles. The Morgan fingerprint density at radius 1 is 1.29 bits per heavy atom. The number of hydrogen-bond donors (Lipinski definition) is 2. The van der Waals surface area contributed by atoms with Gasteiger partial charge in [0.1, 0.15) is 11.8 Å². The van der Waals surface area contributed by atoms with Gasteiger partial charge in [-0.05, 0) is 62.9 Å². The van der Waals surface area contributed by atoms with E-state index in [1.807, 2.05) is 32.0 Å². The number of aliphatic hydroxyl groups excluding tert-OH is 1. The highest BCUT2D eigenvalue weighted by atomic mass is 16.5. The number of fused-ring (bicyclic) bond motifs is 1. The van der Waals surface area contributed by atoms with Crippen molar-refractivity contribution in [2.24, 2.45) is 0 Å². The molecule has 0 fully saturated rings. The lowest BCUT2D eigenvalue weighted by molar-refractivity contribution is 0.186. The molecule has 7 heteroatoms. The predicted octanol–water partition coefficient (Wildman–Crippen LogP) is 4.02. The zero-order chi connectivity index (χ0) is 22.0. The van der Waals surface area contributed by atoms with E-state index in [-0.39, 0.29) is 18.2 Å². The third-order valence-electron chi connectivity index (χ3n) is 5.31. The predicted molar refractivity (Wildman–Crippen MR) is 116 cm³/mol. The van der Waals surface area contributed by atoms with Crippen LogP contribution in [-0.2, 0) is 6.42 Å². The number of nitrogens with zero attached hydrogens (tertiary/aromatic N) is 3. The molecule has 2 atom stereocenters. The SMILES string of the molecule is CC(C)Oc1ccc(-c2nc(-c3cccc4c3CCC4NC[C@@H](C)O)no2)cc1C#N. The van der Waals surface area contributed by atoms with Gasteiger partial charge < -0.3 is 19.7 Å². The Morgan fingerprint density at radius 2 is 2.13 bits per heavy atom. The molecule has 0 bridgehead atoms. The summed E-state index contributed by atoms with van der Waals surface area (Å²) >= 11 is 0. The first-order chi connectivity index (χ1) is 15.0. The first-order valence-electron chi connectivity index (χ1n) is 10.5. The molecular formula is C24H26N4O3. The van der Waals surface area contributed by atoms with Gasteiger partial charge in [0.05, 0.1) is 17.8 Å². The molecule has 1 aliphatic rings. The van der Waals surface area contributed by atoms with Crippen LogP contribution in [0.25, 0.3) is 22.8 Å². The van der Waals surface area contributed by atoms with Gasteiger partial charge in [-0.1, -0.05) is 23.4 Å². The normalized spacial score (nSPS) is 16.2. The van der Waals surface area contributed by atoms with Crippen LogP contribution in [0.15, 0.2) is 40.9 Å². The van der Waals surface area contributed by atoms with Crippen molar-refractivity contribution >= 4 is 0 Å². The molecule has 1 aliphatic carbocycles. The molecule has 160 valence electrons. The van der Waals surface area contributed by atoms with Crippen molar-refractivity contribution in [3.63, 3.8) is 0 Å². The number of aliphatic hydroxyl groups is 1. The molecule has 0 aliphatic heterocycles. The van der Waals surface area contributed by atoms with E-state index < -0.39 is 0 Å². The van der Waals surface area contributed by atoms with E-state index in [9.17, 15) is 10.4 Å². The highest BCUT2D eigenvalue weighted by Crippen LogP contribution is 2.37. The average Bonchev–Trinajstić information content (AvgIpc) is 3.39. The van der Waals surface area contributed by atoms with Gasteiger partial charge in [0.2, 0.25) is 5.82 Å². The number of benzene rings is 2. The van der Waals surface area contributed by atoms with Gasteiger partial charge in [-0.3, -0.25) is 0 Å². The maximum Gasteiger partial charge on any atom is 0.258 e. The minimum Gasteiger partial charge on any atom is -0.490 e. The van der Waals surface area contributed by atoms with E-state index >= 15 is 0 Å². The van der Waals surface area contributed by atoms with Crippen LogP contribution >= 0.6 is 0 Å². The maximum absolute atomic E-state index is 9.58. The topological polar surface area (TPSA) is 104 Å². The van der Waals surface area contributed by atoms with E-state index in [1.54, 1.807) is 19.1 Å². The highest BCUT2D eigenvalue weighted by molar-refractivity contribution is 5.67. The minimum atomic E-state index is -0.386. The summed E-state index contributed by atoms with van der Waals surface area (Å²) in [6.07, 6.45) is 1.47. The van der Waals surface area contributed by atoms with Gasteiger partial charge >= 0.3 is 0 Å². The number of aromatic nitrogens is 2. The van der Waals surface area contributed by atoms with E-state index in [4.69, 9.17) is 9.26 Å². The van der Waals surface area contributed by atoms with Crippen molar-refractivity contribution in [2.75, 3.05) is 6.54 Å². The van der Waals surface area contributed by atoms with Crippen LogP contribution in [0.1, 0.15) is 49.9 Å². The molecule has 7 nitrogen and oxygen atoms in total. The second-order valence-corrected chi connectivity index (χ2v) is 8.13. The van der Waals surface area contributed by atoms with Crippen LogP contribution in [0, 0.1) is 11.3 Å². The third kappa shape index (κ3) is 4.46. The van der Waals surface area contributed by atoms with Gasteiger partial charge in [-0.2, -0.15) is 10.2 Å². The lowest BCUT2D eigenvalue weighted by Crippen LogP contribution is -2.27. The van der Waals surface area contributed by atoms with Crippen molar-refractivity contribution in [3.8, 4) is 34.7 Å². The van der Waals surface area contributed by atoms with Crippen LogP contribution < -0.4 is 10.1 Å². The van der Waals surface area contributed by atoms with Crippen molar-refractivity contribution in [2.45, 2.75) is 51.9 Å². The molecule has 4 rings (SSSR count). The van der Waals surface area contributed by atoms with Gasteiger partial charge in [0.15, 0.2) is 0 Å². The first kappa shape index (κ1) is 21.0. The molecule has 0 radical (unpaired) electrons. The molecule has 0 saturated heterocycles. The summed E-state index contributed by atoms with van der Waals surface area (Å²) in [5.74, 6) is 1.43. The summed E-state index contributed by atoms with van der Waals surface area (Å²) in [6, 6.07) is 13.8. The Hall–Kier alpha value is -3.21. The monoisotopic (exact) mass is 418 g/mol. The van der Waals surface area contributed by atoms with Crippen molar-refractivity contribution in [3.05, 3.63) is 53.1 Å². The standard InChI is InChI=1S/C24H26N4O3/c1-14(2)30-22-10-7-16(11-17(22)12-25)24-27-23(28-31-24)20-6-4-5-19-18(20)8-9-21(19)26-13-15(3)29/h4-7,10-11,14-15,21,26,29H,8-9,13H2,1-3H3/t15-,21?/m1/s1. The van der Waals surface area contributed by atoms with Gasteiger partial charge in [-0.25, -0.2) is 0 Å². The quantitative estimate of drug-likeness (QED) is 0.597. The summed E-state index contributed by atoms with van der Waals surface area (Å²) in [4.78, 5) is 4.61. The molecule has 0 saturated carbocycles. The van der Waals surface area contributed by atoms with Crippen LogP contribution in [0.4, 0.5) is 0 Å². The summed E-state index contributed by atoms with van der Waals surface area (Å²) in [5.41, 5.74) is 4.48. The second-order valence-electron chi connectivity index (χ2n) is 8.13. The molecule has 1 aromatic heterocycles. The zero-order valence-electron chi connectivity index (χ0n) is 17.9. The van der Waals surface area contributed by atoms with Crippen molar-refractivity contribution < 1.29 is 14.4 Å². The molecule has 2 aromatic carbocycles. The fourth-order valence-corrected chi connectivity index (χ4v) is 3.95. The summed E-state index contributed by atoms with van der Waals surface area (Å²) in [7, 11) is 0. The summed E-state index contributed by atoms with van der Waals surface area (Å²) in [5, 5.41) is 26.7. The van der Waals surface area contributed by atoms with E-state index in [1.165, 1.54) is 11.1 Å². The lowest BCUT2D eigenvalue weighted by Gasteiger charge is -2.15. The number of rotatable bonds is 7. The number of ether oxygens (including phenoxy) is 1. The van der Waals surface area contributed by atoms with Crippen LogP contribution in [-0.4, -0.2) is 34.0 Å². The maximum atomic E-state index is 9.58. The van der Waals surface area contributed by atoms with Crippen LogP contribution in [0.2, 0.25) is 0 Å². The minimum absolute atomic E-state index is 0.0213. The molecular weight excluding hydrogens is 392 g/mol. The molecule has 2 N–H and O–H groups in total.